The average Bonchev–Trinajstić information content (AvgIpc) is 3.00. The fraction of sp³-hybridized carbons (Fsp3) is 0.516. The number of sulfonamides is 1. The van der Waals surface area contributed by atoms with Crippen molar-refractivity contribution in [2.75, 3.05) is 49.4 Å². The van der Waals surface area contributed by atoms with Crippen LogP contribution in [-0.2, 0) is 30.8 Å². The summed E-state index contributed by atoms with van der Waals surface area (Å²) in [4.78, 5) is 39.8. The molecular weight excluding hydrogens is 586 g/mol. The van der Waals surface area contributed by atoms with Gasteiger partial charge in [0, 0.05) is 43.6 Å². The van der Waals surface area contributed by atoms with Crippen LogP contribution in [0.5, 0.6) is 5.75 Å². The number of likely N-dealkylation sites (N-methyl/N-ethyl adjacent to an activating group) is 1. The number of para-hydroxylation sites is 2. The summed E-state index contributed by atoms with van der Waals surface area (Å²) in [5.74, 6) is -0.345. The van der Waals surface area contributed by atoms with Crippen LogP contribution in [-0.4, -0.2) is 85.6 Å². The molecule has 13 heteroatoms. The Labute approximate surface area is 260 Å². The summed E-state index contributed by atoms with van der Waals surface area (Å²) in [5.41, 5.74) is 8.00. The summed E-state index contributed by atoms with van der Waals surface area (Å²) >= 11 is 0. The van der Waals surface area contributed by atoms with E-state index in [0.29, 0.717) is 54.1 Å². The maximum Gasteiger partial charge on any atom is 0.227 e. The van der Waals surface area contributed by atoms with Gasteiger partial charge in [-0.25, -0.2) is 12.7 Å². The van der Waals surface area contributed by atoms with E-state index in [1.165, 1.54) is 11.4 Å². The highest BCUT2D eigenvalue weighted by Crippen LogP contribution is 2.29. The van der Waals surface area contributed by atoms with Gasteiger partial charge in [-0.3, -0.25) is 14.4 Å². The number of amides is 3. The standard InChI is InChI=1S/C31H45N5O7S/c1-21-18-36(22(2)20-37)31(40)17-23-16-24(14-15-27(23)43-28(21)19-35(3)44(4,41)42)33-29(38)12-6-5-7-13-30(39)34-26-11-9-8-10-25(26)32/h8-11,14-16,21-22,28,37H,5-7,12-13,17-20,32H2,1-4H3,(H,33,38)(H,34,39)/t21-,22+,28+/m1/s1. The molecule has 0 aliphatic carbocycles. The minimum absolute atomic E-state index is 0.0125. The summed E-state index contributed by atoms with van der Waals surface area (Å²) in [7, 11) is -1.99. The fourth-order valence-electron chi connectivity index (χ4n) is 4.91. The molecule has 0 spiro atoms. The van der Waals surface area contributed by atoms with Crippen molar-refractivity contribution in [2.24, 2.45) is 5.92 Å². The molecule has 3 rings (SSSR count). The number of fused-ring (bicyclic) bond motifs is 1. The molecule has 2 aromatic rings. The number of carbonyl (C=O) groups is 3. The lowest BCUT2D eigenvalue weighted by Gasteiger charge is -2.33. The molecule has 12 nitrogen and oxygen atoms in total. The van der Waals surface area contributed by atoms with Crippen molar-refractivity contribution in [2.45, 2.75) is 64.5 Å². The van der Waals surface area contributed by atoms with Crippen LogP contribution in [0.1, 0.15) is 51.5 Å². The number of hydrogen-bond donors (Lipinski definition) is 4. The van der Waals surface area contributed by atoms with E-state index in [-0.39, 0.29) is 56.2 Å². The molecule has 0 saturated carbocycles. The van der Waals surface area contributed by atoms with E-state index in [1.807, 2.05) is 6.92 Å². The molecule has 1 aliphatic rings. The van der Waals surface area contributed by atoms with Gasteiger partial charge in [-0.1, -0.05) is 25.5 Å². The molecule has 0 bridgehead atoms. The van der Waals surface area contributed by atoms with E-state index in [0.717, 1.165) is 6.26 Å². The van der Waals surface area contributed by atoms with Gasteiger partial charge in [0.05, 0.1) is 43.2 Å². The number of nitrogens with zero attached hydrogens (tertiary/aromatic N) is 2. The first-order valence-electron chi connectivity index (χ1n) is 14.8. The first kappa shape index (κ1) is 34.8. The lowest BCUT2D eigenvalue weighted by atomic mass is 10.0. The zero-order valence-corrected chi connectivity index (χ0v) is 26.7. The van der Waals surface area contributed by atoms with Crippen molar-refractivity contribution in [3.8, 4) is 5.75 Å². The van der Waals surface area contributed by atoms with Gasteiger partial charge in [-0.15, -0.1) is 0 Å². The Morgan fingerprint density at radius 2 is 1.77 bits per heavy atom. The number of ether oxygens (including phenoxy) is 1. The van der Waals surface area contributed by atoms with Crippen LogP contribution in [0.15, 0.2) is 42.5 Å². The molecule has 1 heterocycles. The second kappa shape index (κ2) is 15.9. The minimum atomic E-state index is -3.47. The highest BCUT2D eigenvalue weighted by Gasteiger charge is 2.32. The Kier molecular flexibility index (Phi) is 12.6. The number of benzene rings is 2. The molecule has 0 radical (unpaired) electrons. The van der Waals surface area contributed by atoms with Crippen molar-refractivity contribution >= 4 is 44.8 Å². The predicted octanol–water partition coefficient (Wildman–Crippen LogP) is 2.84. The second-order valence-electron chi connectivity index (χ2n) is 11.5. The van der Waals surface area contributed by atoms with Crippen LogP contribution in [0.2, 0.25) is 0 Å². The lowest BCUT2D eigenvalue weighted by Crippen LogP contribution is -2.48. The van der Waals surface area contributed by atoms with Gasteiger partial charge in [0.25, 0.3) is 0 Å². The summed E-state index contributed by atoms with van der Waals surface area (Å²) in [6.45, 7) is 3.78. The number of rotatable bonds is 13. The van der Waals surface area contributed by atoms with Crippen molar-refractivity contribution in [3.05, 3.63) is 48.0 Å². The number of nitrogen functional groups attached to an aromatic ring is 1. The predicted molar refractivity (Wildman–Crippen MR) is 171 cm³/mol. The quantitative estimate of drug-likeness (QED) is 0.193. The van der Waals surface area contributed by atoms with E-state index in [9.17, 15) is 27.9 Å². The minimum Gasteiger partial charge on any atom is -0.488 e. The summed E-state index contributed by atoms with van der Waals surface area (Å²) in [5, 5.41) is 15.5. The molecule has 242 valence electrons. The number of anilines is 3. The second-order valence-corrected chi connectivity index (χ2v) is 13.6. The largest absolute Gasteiger partial charge is 0.488 e. The molecule has 5 N–H and O–H groups in total. The van der Waals surface area contributed by atoms with Crippen molar-refractivity contribution in [3.63, 3.8) is 0 Å². The maximum atomic E-state index is 13.4. The number of unbranched alkanes of at least 4 members (excludes halogenated alkanes) is 2. The van der Waals surface area contributed by atoms with Gasteiger partial charge in [-0.2, -0.15) is 0 Å². The third-order valence-corrected chi connectivity index (χ3v) is 9.03. The summed E-state index contributed by atoms with van der Waals surface area (Å²) < 4.78 is 31.8. The Balaban J connectivity index is 1.62. The normalized spacial score (nSPS) is 18.0. The molecule has 3 atom stereocenters. The number of hydrogen-bond acceptors (Lipinski definition) is 8. The number of nitrogens with one attached hydrogen (secondary N) is 2. The smallest absolute Gasteiger partial charge is 0.227 e. The van der Waals surface area contributed by atoms with Crippen LogP contribution in [0.3, 0.4) is 0 Å². The van der Waals surface area contributed by atoms with E-state index in [1.54, 1.807) is 54.3 Å². The molecule has 0 aromatic heterocycles. The Hall–Kier alpha value is -3.68. The molecule has 0 unspecified atom stereocenters. The molecule has 0 fully saturated rings. The van der Waals surface area contributed by atoms with Gasteiger partial charge < -0.3 is 31.1 Å². The van der Waals surface area contributed by atoms with Crippen LogP contribution in [0.25, 0.3) is 0 Å². The molecule has 1 aliphatic heterocycles. The summed E-state index contributed by atoms with van der Waals surface area (Å²) in [6.07, 6.45) is 3.04. The SMILES string of the molecule is C[C@@H]1CN([C@@H](C)CO)C(=O)Cc2cc(NC(=O)CCCCCC(=O)Nc3ccccc3N)ccc2O[C@H]1CN(C)S(C)(=O)=O. The first-order valence-corrected chi connectivity index (χ1v) is 16.7. The third-order valence-electron chi connectivity index (χ3n) is 7.75. The summed E-state index contributed by atoms with van der Waals surface area (Å²) in [6, 6.07) is 11.7. The molecule has 0 saturated heterocycles. The van der Waals surface area contributed by atoms with Gasteiger partial charge in [0.15, 0.2) is 0 Å². The lowest BCUT2D eigenvalue weighted by molar-refractivity contribution is -0.134. The Morgan fingerprint density at radius 1 is 1.11 bits per heavy atom. The van der Waals surface area contributed by atoms with Gasteiger partial charge in [0.1, 0.15) is 11.9 Å². The monoisotopic (exact) mass is 631 g/mol. The number of nitrogens with two attached hydrogens (primary N) is 1. The van der Waals surface area contributed by atoms with Crippen molar-refractivity contribution < 1.29 is 32.6 Å². The maximum absolute atomic E-state index is 13.4. The first-order chi connectivity index (χ1) is 20.8. The van der Waals surface area contributed by atoms with E-state index in [2.05, 4.69) is 10.6 Å². The molecule has 3 amide bonds. The zero-order valence-electron chi connectivity index (χ0n) is 25.9. The molecule has 2 aromatic carbocycles. The van der Waals surface area contributed by atoms with Gasteiger partial charge in [-0.05, 0) is 50.1 Å². The van der Waals surface area contributed by atoms with Gasteiger partial charge in [0.2, 0.25) is 27.7 Å². The fourth-order valence-corrected chi connectivity index (χ4v) is 5.33. The Morgan fingerprint density at radius 3 is 2.41 bits per heavy atom. The topological polar surface area (TPSA) is 171 Å². The number of aliphatic hydroxyl groups is 1. The van der Waals surface area contributed by atoms with E-state index in [4.69, 9.17) is 10.5 Å². The zero-order chi connectivity index (χ0) is 32.4. The third kappa shape index (κ3) is 10.2. The highest BCUT2D eigenvalue weighted by molar-refractivity contribution is 7.88. The van der Waals surface area contributed by atoms with Crippen LogP contribution in [0.4, 0.5) is 17.1 Å². The van der Waals surface area contributed by atoms with Crippen LogP contribution >= 0.6 is 0 Å². The van der Waals surface area contributed by atoms with Crippen LogP contribution in [0, 0.1) is 5.92 Å². The number of aliphatic hydroxyl groups excluding tert-OH is 1. The van der Waals surface area contributed by atoms with Gasteiger partial charge >= 0.3 is 0 Å². The van der Waals surface area contributed by atoms with E-state index < -0.39 is 22.2 Å². The molecule has 44 heavy (non-hydrogen) atoms. The van der Waals surface area contributed by atoms with Crippen molar-refractivity contribution in [1.82, 2.24) is 9.21 Å². The van der Waals surface area contributed by atoms with E-state index >= 15 is 0 Å². The number of carbonyl (C=O) groups excluding carboxylic acids is 3. The Bertz CT molecular complexity index is 1420. The van der Waals surface area contributed by atoms with Crippen LogP contribution < -0.4 is 21.1 Å². The van der Waals surface area contributed by atoms with Crippen molar-refractivity contribution in [1.29, 1.82) is 0 Å². The molecular formula is C31H45N5O7S. The average molecular weight is 632 g/mol. The highest BCUT2D eigenvalue weighted by atomic mass is 32.2.